The van der Waals surface area contributed by atoms with Gasteiger partial charge in [0, 0.05) is 32.2 Å². The predicted octanol–water partition coefficient (Wildman–Crippen LogP) is 3.11. The zero-order valence-electron chi connectivity index (χ0n) is 12.8. The minimum absolute atomic E-state index is 0.183. The number of hydrogen-bond donors (Lipinski definition) is 0. The van der Waals surface area contributed by atoms with Crippen molar-refractivity contribution in [2.75, 3.05) is 32.7 Å². The fourth-order valence-corrected chi connectivity index (χ4v) is 3.33. The topological polar surface area (TPSA) is 49.6 Å². The van der Waals surface area contributed by atoms with Crippen LogP contribution in [0.3, 0.4) is 0 Å². The molecule has 1 fully saturated rings. The van der Waals surface area contributed by atoms with Gasteiger partial charge in [0.1, 0.15) is 0 Å². The van der Waals surface area contributed by atoms with Gasteiger partial charge in [-0.15, -0.1) is 11.3 Å². The second kappa shape index (κ2) is 6.94. The van der Waals surface area contributed by atoms with Crippen molar-refractivity contribution < 1.29 is 22.5 Å². The molecule has 1 aliphatic rings. The van der Waals surface area contributed by atoms with Gasteiger partial charge in [0.25, 0.3) is 5.91 Å². The molecule has 0 N–H and O–H groups in total. The molecule has 1 aliphatic heterocycles. The first-order valence-corrected chi connectivity index (χ1v) is 8.39. The van der Waals surface area contributed by atoms with E-state index in [2.05, 4.69) is 5.16 Å². The first kappa shape index (κ1) is 17.0. The second-order valence-corrected chi connectivity index (χ2v) is 6.54. The van der Waals surface area contributed by atoms with E-state index < -0.39 is 12.7 Å². The highest BCUT2D eigenvalue weighted by molar-refractivity contribution is 7.13. The molecule has 2 aromatic rings. The summed E-state index contributed by atoms with van der Waals surface area (Å²) < 4.78 is 42.7. The average molecular weight is 359 g/mol. The molecule has 3 rings (SSSR count). The molecule has 0 saturated carbocycles. The van der Waals surface area contributed by atoms with Gasteiger partial charge in [-0.05, 0) is 17.9 Å². The lowest BCUT2D eigenvalue weighted by molar-refractivity contribution is -0.145. The molecule has 1 amide bonds. The highest BCUT2D eigenvalue weighted by Crippen LogP contribution is 2.25. The Morgan fingerprint density at radius 1 is 1.29 bits per heavy atom. The molecule has 130 valence electrons. The molecule has 5 nitrogen and oxygen atoms in total. The number of alkyl halides is 3. The molecule has 0 aromatic carbocycles. The lowest BCUT2D eigenvalue weighted by Gasteiger charge is -2.22. The Hall–Kier alpha value is -1.87. The van der Waals surface area contributed by atoms with Crippen LogP contribution in [0.15, 0.2) is 28.1 Å². The van der Waals surface area contributed by atoms with E-state index in [-0.39, 0.29) is 24.7 Å². The monoisotopic (exact) mass is 359 g/mol. The summed E-state index contributed by atoms with van der Waals surface area (Å²) in [6.45, 7) is 0.232. The van der Waals surface area contributed by atoms with Crippen molar-refractivity contribution in [2.45, 2.75) is 12.6 Å². The van der Waals surface area contributed by atoms with E-state index in [0.717, 1.165) is 4.88 Å². The maximum absolute atomic E-state index is 12.5. The van der Waals surface area contributed by atoms with Gasteiger partial charge in [-0.1, -0.05) is 11.2 Å². The number of hydrogen-bond acceptors (Lipinski definition) is 5. The number of thiophene rings is 1. The van der Waals surface area contributed by atoms with Crippen LogP contribution >= 0.6 is 11.3 Å². The Morgan fingerprint density at radius 2 is 2.12 bits per heavy atom. The van der Waals surface area contributed by atoms with Crippen LogP contribution < -0.4 is 0 Å². The molecule has 0 atom stereocenters. The van der Waals surface area contributed by atoms with Crippen LogP contribution in [0.2, 0.25) is 0 Å². The lowest BCUT2D eigenvalue weighted by atomic mass is 10.3. The first-order valence-electron chi connectivity index (χ1n) is 7.51. The highest BCUT2D eigenvalue weighted by Gasteiger charge is 2.32. The molecular weight excluding hydrogens is 343 g/mol. The summed E-state index contributed by atoms with van der Waals surface area (Å²) in [5, 5.41) is 5.70. The van der Waals surface area contributed by atoms with Gasteiger partial charge in [0.15, 0.2) is 11.5 Å². The second-order valence-electron chi connectivity index (χ2n) is 5.59. The third-order valence-corrected chi connectivity index (χ3v) is 4.66. The zero-order chi connectivity index (χ0) is 17.2. The van der Waals surface area contributed by atoms with Crippen LogP contribution in [0.25, 0.3) is 10.6 Å². The molecule has 9 heteroatoms. The summed E-state index contributed by atoms with van der Waals surface area (Å²) in [7, 11) is 0. The van der Waals surface area contributed by atoms with E-state index >= 15 is 0 Å². The van der Waals surface area contributed by atoms with Crippen LogP contribution in [0, 0.1) is 0 Å². The molecule has 3 heterocycles. The molecule has 0 bridgehead atoms. The van der Waals surface area contributed by atoms with Gasteiger partial charge in [-0.25, -0.2) is 0 Å². The van der Waals surface area contributed by atoms with Crippen molar-refractivity contribution in [3.63, 3.8) is 0 Å². The van der Waals surface area contributed by atoms with Crippen molar-refractivity contribution in [2.24, 2.45) is 0 Å². The Kier molecular flexibility index (Phi) is 4.91. The fourth-order valence-electron chi connectivity index (χ4n) is 2.66. The van der Waals surface area contributed by atoms with Crippen molar-refractivity contribution >= 4 is 17.2 Å². The number of rotatable bonds is 3. The smallest absolute Gasteiger partial charge is 0.355 e. The predicted molar refractivity (Wildman–Crippen MR) is 82.8 cm³/mol. The molecule has 0 aliphatic carbocycles. The Bertz CT molecular complexity index is 684. The van der Waals surface area contributed by atoms with Gasteiger partial charge in [0.05, 0.1) is 11.4 Å². The van der Waals surface area contributed by atoms with E-state index in [1.54, 1.807) is 6.07 Å². The summed E-state index contributed by atoms with van der Waals surface area (Å²) in [6.07, 6.45) is -3.72. The summed E-state index contributed by atoms with van der Waals surface area (Å²) in [5.74, 6) is 0.206. The van der Waals surface area contributed by atoms with Gasteiger partial charge < -0.3 is 9.42 Å². The summed E-state index contributed by atoms with van der Waals surface area (Å²) in [4.78, 5) is 16.2. The normalized spacial score (nSPS) is 17.0. The van der Waals surface area contributed by atoms with Crippen LogP contribution in [0.5, 0.6) is 0 Å². The van der Waals surface area contributed by atoms with E-state index in [1.807, 2.05) is 17.5 Å². The van der Waals surface area contributed by atoms with E-state index in [9.17, 15) is 18.0 Å². The highest BCUT2D eigenvalue weighted by atomic mass is 32.1. The minimum Gasteiger partial charge on any atom is -0.355 e. The molecule has 24 heavy (non-hydrogen) atoms. The van der Waals surface area contributed by atoms with Crippen molar-refractivity contribution in [3.05, 3.63) is 29.3 Å². The van der Waals surface area contributed by atoms with E-state index in [1.165, 1.54) is 21.1 Å². The first-order chi connectivity index (χ1) is 11.4. The zero-order valence-corrected chi connectivity index (χ0v) is 13.6. The third kappa shape index (κ3) is 4.15. The van der Waals surface area contributed by atoms with Crippen molar-refractivity contribution in [1.82, 2.24) is 15.0 Å². The molecular formula is C15H16F3N3O2S. The van der Waals surface area contributed by atoms with Crippen LogP contribution in [-0.2, 0) is 0 Å². The van der Waals surface area contributed by atoms with Crippen LogP contribution in [-0.4, -0.2) is 59.8 Å². The minimum atomic E-state index is -4.22. The van der Waals surface area contributed by atoms with Gasteiger partial charge in [-0.2, -0.15) is 13.2 Å². The lowest BCUT2D eigenvalue weighted by Crippen LogP contribution is -2.38. The van der Waals surface area contributed by atoms with Gasteiger partial charge >= 0.3 is 6.18 Å². The SMILES string of the molecule is O=C(c1cc(-c2cccs2)on1)N1CCCN(CC(F)(F)F)CC1. The molecule has 0 spiro atoms. The number of carbonyl (C=O) groups is 1. The maximum atomic E-state index is 12.5. The molecule has 0 radical (unpaired) electrons. The Labute approximate surface area is 140 Å². The summed E-state index contributed by atoms with van der Waals surface area (Å²) in [5.41, 5.74) is 0.183. The van der Waals surface area contributed by atoms with Gasteiger partial charge in [0.2, 0.25) is 0 Å². The van der Waals surface area contributed by atoms with Crippen LogP contribution in [0.1, 0.15) is 16.9 Å². The van der Waals surface area contributed by atoms with Gasteiger partial charge in [-0.3, -0.25) is 9.69 Å². The Balaban J connectivity index is 1.63. The standard InChI is InChI=1S/C15H16F3N3O2S/c16-15(17,18)10-20-4-2-5-21(7-6-20)14(22)11-9-12(23-19-11)13-3-1-8-24-13/h1,3,8-9H,2,4-7,10H2. The average Bonchev–Trinajstić information content (AvgIpc) is 3.14. The van der Waals surface area contributed by atoms with E-state index in [0.29, 0.717) is 25.3 Å². The third-order valence-electron chi connectivity index (χ3n) is 3.77. The van der Waals surface area contributed by atoms with E-state index in [4.69, 9.17) is 4.52 Å². The Morgan fingerprint density at radius 3 is 2.83 bits per heavy atom. The fraction of sp³-hybridized carbons (Fsp3) is 0.467. The number of nitrogens with zero attached hydrogens (tertiary/aromatic N) is 3. The quantitative estimate of drug-likeness (QED) is 0.845. The van der Waals surface area contributed by atoms with Crippen LogP contribution in [0.4, 0.5) is 13.2 Å². The number of amides is 1. The number of halogens is 3. The number of carbonyl (C=O) groups excluding carboxylic acids is 1. The molecule has 1 saturated heterocycles. The number of aromatic nitrogens is 1. The molecule has 2 aromatic heterocycles. The summed E-state index contributed by atoms with van der Waals surface area (Å²) in [6, 6.07) is 5.31. The largest absolute Gasteiger partial charge is 0.401 e. The maximum Gasteiger partial charge on any atom is 0.401 e. The van der Waals surface area contributed by atoms with Crippen molar-refractivity contribution in [3.8, 4) is 10.6 Å². The molecule has 0 unspecified atom stereocenters. The summed E-state index contributed by atoms with van der Waals surface area (Å²) >= 11 is 1.47. The van der Waals surface area contributed by atoms with Crippen molar-refractivity contribution in [1.29, 1.82) is 0 Å².